The number of carbonyl (C=O) groups is 4. The van der Waals surface area contributed by atoms with Crippen LogP contribution in [0.4, 0.5) is 0 Å². The predicted molar refractivity (Wildman–Crippen MR) is 391 cm³/mol. The van der Waals surface area contributed by atoms with Gasteiger partial charge in [-0.2, -0.15) is 0 Å². The van der Waals surface area contributed by atoms with Crippen LogP contribution in [0.3, 0.4) is 0 Å². The Morgan fingerprint density at radius 2 is 0.438 bits per heavy atom. The lowest BCUT2D eigenvalue weighted by Gasteiger charge is -2.21. The van der Waals surface area contributed by atoms with Crippen molar-refractivity contribution in [2.24, 2.45) is 23.7 Å². The van der Waals surface area contributed by atoms with Crippen molar-refractivity contribution in [3.8, 4) is 0 Å². The van der Waals surface area contributed by atoms with E-state index in [2.05, 4.69) is 55.4 Å². The van der Waals surface area contributed by atoms with Gasteiger partial charge in [-0.3, -0.25) is 37.3 Å². The Morgan fingerprint density at radius 1 is 0.260 bits per heavy atom. The van der Waals surface area contributed by atoms with Crippen LogP contribution in [0.1, 0.15) is 389 Å². The molecule has 0 bridgehead atoms. The Labute approximate surface area is 588 Å². The van der Waals surface area contributed by atoms with Gasteiger partial charge in [0.05, 0.1) is 26.4 Å². The molecule has 3 N–H and O–H groups in total. The first-order valence-corrected chi connectivity index (χ1v) is 42.7. The number of aliphatic hydroxyl groups is 1. The van der Waals surface area contributed by atoms with E-state index in [9.17, 15) is 43.2 Å². The lowest BCUT2D eigenvalue weighted by molar-refractivity contribution is -0.161. The first kappa shape index (κ1) is 94.1. The van der Waals surface area contributed by atoms with E-state index in [1.165, 1.54) is 186 Å². The molecule has 0 aromatic rings. The molecule has 0 aliphatic heterocycles. The largest absolute Gasteiger partial charge is 0.472 e. The van der Waals surface area contributed by atoms with Gasteiger partial charge in [-0.1, -0.05) is 338 Å². The van der Waals surface area contributed by atoms with Crippen molar-refractivity contribution in [3.63, 3.8) is 0 Å². The number of hydrogen-bond acceptors (Lipinski definition) is 15. The number of hydrogen-bond donors (Lipinski definition) is 3. The Balaban J connectivity index is 5.21. The first-order valence-electron chi connectivity index (χ1n) is 39.7. The number of rotatable bonds is 74. The summed E-state index contributed by atoms with van der Waals surface area (Å²) < 4.78 is 68.5. The number of aliphatic hydroxyl groups excluding tert-OH is 1. The van der Waals surface area contributed by atoms with Crippen LogP contribution in [-0.2, 0) is 65.4 Å². The number of unbranched alkanes of at least 4 members (excludes halogenated alkanes) is 40. The molecule has 0 rings (SSSR count). The maximum atomic E-state index is 13.1. The normalized spacial score (nSPS) is 14.1. The standard InChI is InChI=1S/C77H150O17P2/c1-67(2)53-45-37-29-23-18-14-10-9-11-16-20-26-33-43-51-59-76(81)93-72(63-87-74(79)57-49-41-32-28-22-25-31-39-47-55-69(5)6)65-91-95(83,84)89-61-71(78)62-90-96(85,86)92-66-73(64-88-75(80)58-50-42-36-35-40-48-56-70(7)8)94-77(82)60-52-44-34-27-21-17-13-12-15-19-24-30-38-46-54-68(3)4/h67-73,78H,9-66H2,1-8H3,(H,83,84)(H,85,86)/t71-,72-,73-/m1/s1. The molecule has 19 heteroatoms. The van der Waals surface area contributed by atoms with E-state index in [-0.39, 0.29) is 25.7 Å². The first-order chi connectivity index (χ1) is 46.1. The Morgan fingerprint density at radius 3 is 0.646 bits per heavy atom. The van der Waals surface area contributed by atoms with Crippen molar-refractivity contribution in [2.75, 3.05) is 39.6 Å². The van der Waals surface area contributed by atoms with Gasteiger partial charge in [0.15, 0.2) is 12.2 Å². The highest BCUT2D eigenvalue weighted by molar-refractivity contribution is 7.47. The molecule has 0 aliphatic rings. The number of phosphoric ester groups is 2. The molecule has 2 unspecified atom stereocenters. The maximum absolute atomic E-state index is 13.1. The molecule has 0 amide bonds. The number of esters is 4. The van der Waals surface area contributed by atoms with Gasteiger partial charge < -0.3 is 33.8 Å². The van der Waals surface area contributed by atoms with Crippen molar-refractivity contribution in [1.82, 2.24) is 0 Å². The summed E-state index contributed by atoms with van der Waals surface area (Å²) in [5.74, 6) is 0.900. The van der Waals surface area contributed by atoms with Crippen LogP contribution in [-0.4, -0.2) is 96.7 Å². The molecule has 570 valence electrons. The smallest absolute Gasteiger partial charge is 0.462 e. The van der Waals surface area contributed by atoms with Crippen molar-refractivity contribution < 1.29 is 80.2 Å². The summed E-state index contributed by atoms with van der Waals surface area (Å²) in [5, 5.41) is 10.6. The third kappa shape index (κ3) is 70.5. The molecular weight excluding hydrogens is 1260 g/mol. The van der Waals surface area contributed by atoms with Gasteiger partial charge in [0.25, 0.3) is 0 Å². The Bertz CT molecular complexity index is 1880. The number of phosphoric acid groups is 2. The van der Waals surface area contributed by atoms with E-state index in [0.29, 0.717) is 31.6 Å². The molecule has 0 spiro atoms. The van der Waals surface area contributed by atoms with Gasteiger partial charge >= 0.3 is 39.5 Å². The number of ether oxygens (including phenoxy) is 4. The minimum atomic E-state index is -4.96. The zero-order valence-electron chi connectivity index (χ0n) is 63.0. The minimum absolute atomic E-state index is 0.106. The van der Waals surface area contributed by atoms with E-state index in [0.717, 1.165) is 114 Å². The molecule has 17 nitrogen and oxygen atoms in total. The summed E-state index contributed by atoms with van der Waals surface area (Å²) in [6.07, 6.45) is 51.5. The second-order valence-corrected chi connectivity index (χ2v) is 32.6. The van der Waals surface area contributed by atoms with E-state index in [4.69, 9.17) is 37.0 Å². The average Bonchev–Trinajstić information content (AvgIpc) is 2.03. The second kappa shape index (κ2) is 66.3. The summed E-state index contributed by atoms with van der Waals surface area (Å²) in [6, 6.07) is 0. The van der Waals surface area contributed by atoms with Crippen molar-refractivity contribution in [2.45, 2.75) is 408 Å². The zero-order valence-corrected chi connectivity index (χ0v) is 64.8. The maximum Gasteiger partial charge on any atom is 0.472 e. The van der Waals surface area contributed by atoms with Gasteiger partial charge in [0, 0.05) is 25.7 Å². The summed E-state index contributed by atoms with van der Waals surface area (Å²) in [7, 11) is -9.91. The average molecular weight is 1410 g/mol. The molecule has 5 atom stereocenters. The lowest BCUT2D eigenvalue weighted by Crippen LogP contribution is -2.30. The molecule has 0 saturated carbocycles. The van der Waals surface area contributed by atoms with Crippen molar-refractivity contribution >= 4 is 39.5 Å². The molecule has 0 saturated heterocycles. The quantitative estimate of drug-likeness (QED) is 0.0222. The molecule has 0 fully saturated rings. The van der Waals surface area contributed by atoms with Crippen LogP contribution in [0.25, 0.3) is 0 Å². The molecule has 0 heterocycles. The highest BCUT2D eigenvalue weighted by atomic mass is 31.2. The highest BCUT2D eigenvalue weighted by Crippen LogP contribution is 2.45. The summed E-state index contributed by atoms with van der Waals surface area (Å²) in [4.78, 5) is 72.8. The van der Waals surface area contributed by atoms with E-state index < -0.39 is 97.5 Å². The molecule has 0 aromatic carbocycles. The minimum Gasteiger partial charge on any atom is -0.462 e. The van der Waals surface area contributed by atoms with E-state index in [1.54, 1.807) is 0 Å². The van der Waals surface area contributed by atoms with Crippen LogP contribution in [0.15, 0.2) is 0 Å². The Kier molecular flexibility index (Phi) is 65.0. The van der Waals surface area contributed by atoms with Crippen molar-refractivity contribution in [3.05, 3.63) is 0 Å². The van der Waals surface area contributed by atoms with Crippen LogP contribution < -0.4 is 0 Å². The monoisotopic (exact) mass is 1410 g/mol. The third-order valence-corrected chi connectivity index (χ3v) is 19.7. The molecule has 0 aromatic heterocycles. The molecule has 0 aliphatic carbocycles. The van der Waals surface area contributed by atoms with Gasteiger partial charge in [-0.15, -0.1) is 0 Å². The van der Waals surface area contributed by atoms with Gasteiger partial charge in [-0.25, -0.2) is 9.13 Å². The van der Waals surface area contributed by atoms with E-state index in [1.807, 2.05) is 0 Å². The third-order valence-electron chi connectivity index (χ3n) is 17.8. The summed E-state index contributed by atoms with van der Waals surface area (Å²) >= 11 is 0. The second-order valence-electron chi connectivity index (χ2n) is 29.7. The van der Waals surface area contributed by atoms with Crippen LogP contribution >= 0.6 is 15.6 Å². The predicted octanol–water partition coefficient (Wildman–Crippen LogP) is 22.4. The van der Waals surface area contributed by atoms with Crippen LogP contribution in [0.5, 0.6) is 0 Å². The topological polar surface area (TPSA) is 237 Å². The fourth-order valence-electron chi connectivity index (χ4n) is 11.7. The van der Waals surface area contributed by atoms with Crippen LogP contribution in [0, 0.1) is 23.7 Å². The van der Waals surface area contributed by atoms with Crippen LogP contribution in [0.2, 0.25) is 0 Å². The zero-order chi connectivity index (χ0) is 71.0. The number of carbonyl (C=O) groups excluding carboxylic acids is 4. The summed E-state index contributed by atoms with van der Waals surface area (Å²) in [5.41, 5.74) is 0. The highest BCUT2D eigenvalue weighted by Gasteiger charge is 2.30. The molecule has 96 heavy (non-hydrogen) atoms. The Hall–Kier alpha value is -1.94. The van der Waals surface area contributed by atoms with Gasteiger partial charge in [0.2, 0.25) is 0 Å². The lowest BCUT2D eigenvalue weighted by atomic mass is 10.0. The van der Waals surface area contributed by atoms with Crippen molar-refractivity contribution in [1.29, 1.82) is 0 Å². The molecule has 0 radical (unpaired) electrons. The van der Waals surface area contributed by atoms with Gasteiger partial charge in [0.1, 0.15) is 19.3 Å². The SMILES string of the molecule is CC(C)CCCCCCCCCCCCCCCCCC(=O)O[C@H](COC(=O)CCCCCCCCCCCC(C)C)COP(=O)(O)OC[C@@H](O)COP(=O)(O)OC[C@@H](COC(=O)CCCCCCCCC(C)C)OC(=O)CCCCCCCCCCCCCCCCC(C)C. The fraction of sp³-hybridized carbons (Fsp3) is 0.948. The van der Waals surface area contributed by atoms with E-state index >= 15 is 0 Å². The van der Waals surface area contributed by atoms with Gasteiger partial charge in [-0.05, 0) is 49.4 Å². The fourth-order valence-corrected chi connectivity index (χ4v) is 13.3. The summed E-state index contributed by atoms with van der Waals surface area (Å²) in [6.45, 7) is 14.2. The molecular formula is C77H150O17P2.